The van der Waals surface area contributed by atoms with Crippen LogP contribution in [0.4, 0.5) is 8.78 Å². The number of likely N-dealkylation sites (tertiary alicyclic amines) is 1. The van der Waals surface area contributed by atoms with Gasteiger partial charge in [-0.25, -0.2) is 23.9 Å². The molecule has 1 fully saturated rings. The summed E-state index contributed by atoms with van der Waals surface area (Å²) in [6, 6.07) is 10.4. The molecular weight excluding hydrogens is 478 g/mol. The van der Waals surface area contributed by atoms with Crippen LogP contribution in [0.5, 0.6) is 0 Å². The van der Waals surface area contributed by atoms with Gasteiger partial charge in [0.2, 0.25) is 0 Å². The number of hydrogen-bond donors (Lipinski definition) is 2. The molecule has 0 bridgehead atoms. The summed E-state index contributed by atoms with van der Waals surface area (Å²) < 4.78 is 29.8. The molecule has 10 heteroatoms. The lowest BCUT2D eigenvalue weighted by Gasteiger charge is -2.43. The zero-order chi connectivity index (χ0) is 26.4. The number of aromatic nitrogens is 3. The summed E-state index contributed by atoms with van der Waals surface area (Å²) in [4.78, 5) is 18.3. The Kier molecular flexibility index (Phi) is 8.20. The van der Waals surface area contributed by atoms with Crippen LogP contribution < -0.4 is 5.43 Å². The minimum atomic E-state index is -1.70. The van der Waals surface area contributed by atoms with E-state index in [1.165, 1.54) is 23.4 Å². The first-order valence-corrected chi connectivity index (χ1v) is 12.1. The second kappa shape index (κ2) is 11.5. The van der Waals surface area contributed by atoms with Crippen LogP contribution in [-0.2, 0) is 16.9 Å². The number of aliphatic hydroxyl groups is 1. The highest BCUT2D eigenvalue weighted by Gasteiger charge is 2.42. The highest BCUT2D eigenvalue weighted by atomic mass is 19.1. The van der Waals surface area contributed by atoms with Gasteiger partial charge in [0.05, 0.1) is 12.8 Å². The van der Waals surface area contributed by atoms with Gasteiger partial charge in [0.15, 0.2) is 0 Å². The zero-order valence-corrected chi connectivity index (χ0v) is 20.8. The molecule has 3 aromatic rings. The Bertz CT molecular complexity index is 1280. The number of aryl methyl sites for hydroxylation is 1. The lowest BCUT2D eigenvalue weighted by molar-refractivity contribution is -0.116. The number of halogens is 2. The summed E-state index contributed by atoms with van der Waals surface area (Å²) in [6.45, 7) is 4.84. The van der Waals surface area contributed by atoms with Crippen molar-refractivity contribution in [3.63, 3.8) is 0 Å². The Balaban J connectivity index is 1.41. The molecule has 194 valence electrons. The first kappa shape index (κ1) is 26.3. The van der Waals surface area contributed by atoms with Gasteiger partial charge in [0.25, 0.3) is 5.91 Å². The molecule has 37 heavy (non-hydrogen) atoms. The molecule has 1 aliphatic heterocycles. The number of rotatable bonds is 8. The Morgan fingerprint density at radius 1 is 1.24 bits per heavy atom. The Morgan fingerprint density at radius 3 is 2.70 bits per heavy atom. The van der Waals surface area contributed by atoms with Crippen LogP contribution in [0.3, 0.4) is 0 Å². The molecule has 2 atom stereocenters. The van der Waals surface area contributed by atoms with Crippen molar-refractivity contribution in [2.24, 2.45) is 5.10 Å². The number of nitrogens with zero attached hydrogens (tertiary/aromatic N) is 5. The van der Waals surface area contributed by atoms with Gasteiger partial charge in [0.1, 0.15) is 29.9 Å². The predicted octanol–water partition coefficient (Wildman–Crippen LogP) is 3.31. The lowest BCUT2D eigenvalue weighted by Crippen LogP contribution is -2.53. The first-order chi connectivity index (χ1) is 17.7. The first-order valence-electron chi connectivity index (χ1n) is 12.1. The number of hydrogen-bond acceptors (Lipinski definition) is 6. The van der Waals surface area contributed by atoms with Crippen molar-refractivity contribution in [3.05, 3.63) is 95.1 Å². The van der Waals surface area contributed by atoms with Crippen molar-refractivity contribution in [2.75, 3.05) is 13.1 Å². The van der Waals surface area contributed by atoms with Gasteiger partial charge < -0.3 is 5.11 Å². The molecule has 0 aliphatic carbocycles. The third-order valence-corrected chi connectivity index (χ3v) is 6.71. The van der Waals surface area contributed by atoms with Gasteiger partial charge in [-0.05, 0) is 38.3 Å². The van der Waals surface area contributed by atoms with E-state index < -0.39 is 23.3 Å². The molecule has 4 rings (SSSR count). The summed E-state index contributed by atoms with van der Waals surface area (Å²) in [6.07, 6.45) is 7.13. The van der Waals surface area contributed by atoms with E-state index in [4.69, 9.17) is 0 Å². The van der Waals surface area contributed by atoms with E-state index in [-0.39, 0.29) is 18.0 Å². The van der Waals surface area contributed by atoms with E-state index in [1.54, 1.807) is 19.2 Å². The molecule has 0 radical (unpaired) electrons. The molecule has 0 spiro atoms. The average molecular weight is 509 g/mol. The molecule has 1 amide bonds. The smallest absolute Gasteiger partial charge is 0.264 e. The molecular formula is C27H30F2N6O2. The maximum Gasteiger partial charge on any atom is 0.264 e. The molecule has 1 saturated heterocycles. The highest BCUT2D eigenvalue weighted by Crippen LogP contribution is 2.34. The Morgan fingerprint density at radius 2 is 2.03 bits per heavy atom. The molecule has 2 N–H and O–H groups in total. The van der Waals surface area contributed by atoms with Crippen LogP contribution in [-0.4, -0.2) is 56.0 Å². The van der Waals surface area contributed by atoms with Crippen molar-refractivity contribution in [1.82, 2.24) is 25.1 Å². The van der Waals surface area contributed by atoms with Crippen LogP contribution in [0, 0.1) is 18.6 Å². The number of hydrazone groups is 1. The average Bonchev–Trinajstić information content (AvgIpc) is 3.37. The minimum absolute atomic E-state index is 0.0101. The van der Waals surface area contributed by atoms with Crippen LogP contribution in [0.2, 0.25) is 0 Å². The fourth-order valence-corrected chi connectivity index (χ4v) is 4.63. The van der Waals surface area contributed by atoms with Crippen LogP contribution in [0.1, 0.15) is 36.5 Å². The summed E-state index contributed by atoms with van der Waals surface area (Å²) >= 11 is 0. The summed E-state index contributed by atoms with van der Waals surface area (Å²) in [7, 11) is 0. The number of benzene rings is 2. The number of carbonyl (C=O) groups excluding carboxylic acids is 1. The van der Waals surface area contributed by atoms with Crippen molar-refractivity contribution >= 4 is 12.1 Å². The van der Waals surface area contributed by atoms with Crippen LogP contribution in [0.25, 0.3) is 0 Å². The standard InChI is InChI=1S/C27H30F2N6O2/c1-19-4-3-5-22(12-19)15-31-33-26(36)13-21-8-10-34(11-9-21)20(2)27(37,16-35-18-30-17-32-35)24-7-6-23(28)14-25(24)29/h3-7,12-15,17-18,20,37H,8-11,16H2,1-2H3,(H,33,36)/t20-,27-/m1/s1. The van der Waals surface area contributed by atoms with E-state index in [1.807, 2.05) is 36.1 Å². The van der Waals surface area contributed by atoms with E-state index in [0.717, 1.165) is 28.8 Å². The maximum atomic E-state index is 14.8. The van der Waals surface area contributed by atoms with Gasteiger partial charge >= 0.3 is 0 Å². The number of carbonyl (C=O) groups is 1. The highest BCUT2D eigenvalue weighted by molar-refractivity contribution is 5.89. The molecule has 0 saturated carbocycles. The predicted molar refractivity (Wildman–Crippen MR) is 136 cm³/mol. The maximum absolute atomic E-state index is 14.8. The normalized spacial score (nSPS) is 16.9. The second-order valence-electron chi connectivity index (χ2n) is 9.30. The fraction of sp³-hybridized carbons (Fsp3) is 0.333. The van der Waals surface area contributed by atoms with Gasteiger partial charge in [-0.1, -0.05) is 41.5 Å². The topological polar surface area (TPSA) is 95.6 Å². The molecule has 1 aromatic heterocycles. The Hall–Kier alpha value is -3.76. The van der Waals surface area contributed by atoms with Crippen molar-refractivity contribution in [1.29, 1.82) is 0 Å². The molecule has 8 nitrogen and oxygen atoms in total. The van der Waals surface area contributed by atoms with E-state index >= 15 is 0 Å². The van der Waals surface area contributed by atoms with Crippen LogP contribution in [0.15, 0.2) is 71.9 Å². The molecule has 1 aliphatic rings. The second-order valence-corrected chi connectivity index (χ2v) is 9.30. The Labute approximate surface area is 214 Å². The molecule has 2 aromatic carbocycles. The third-order valence-electron chi connectivity index (χ3n) is 6.71. The van der Waals surface area contributed by atoms with Crippen molar-refractivity contribution in [2.45, 2.75) is 44.9 Å². The van der Waals surface area contributed by atoms with Crippen molar-refractivity contribution in [3.8, 4) is 0 Å². The number of nitrogens with one attached hydrogen (secondary N) is 1. The summed E-state index contributed by atoms with van der Waals surface area (Å²) in [5.74, 6) is -1.85. The molecule has 2 heterocycles. The quantitative estimate of drug-likeness (QED) is 0.277. The minimum Gasteiger partial charge on any atom is -0.381 e. The van der Waals surface area contributed by atoms with Crippen molar-refractivity contribution < 1.29 is 18.7 Å². The molecule has 0 unspecified atom stereocenters. The fourth-order valence-electron chi connectivity index (χ4n) is 4.63. The zero-order valence-electron chi connectivity index (χ0n) is 20.8. The lowest BCUT2D eigenvalue weighted by atomic mass is 9.84. The van der Waals surface area contributed by atoms with E-state index in [9.17, 15) is 18.7 Å². The SMILES string of the molecule is Cc1cccc(C=NNC(=O)C=C2CCN([C@H](C)[C@](O)(Cn3cncn3)c3ccc(F)cc3F)CC2)c1. The monoisotopic (exact) mass is 508 g/mol. The largest absolute Gasteiger partial charge is 0.381 e. The van der Waals surface area contributed by atoms with E-state index in [0.29, 0.717) is 25.9 Å². The van der Waals surface area contributed by atoms with E-state index in [2.05, 4.69) is 20.6 Å². The van der Waals surface area contributed by atoms with Crippen LogP contribution >= 0.6 is 0 Å². The van der Waals surface area contributed by atoms with Gasteiger partial charge in [-0.15, -0.1) is 0 Å². The number of piperidine rings is 1. The summed E-state index contributed by atoms with van der Waals surface area (Å²) in [5, 5.41) is 19.9. The van der Waals surface area contributed by atoms with Gasteiger partial charge in [0, 0.05) is 36.8 Å². The van der Waals surface area contributed by atoms with Gasteiger partial charge in [-0.3, -0.25) is 9.69 Å². The van der Waals surface area contributed by atoms with Gasteiger partial charge in [-0.2, -0.15) is 10.2 Å². The number of amides is 1. The third kappa shape index (κ3) is 6.52. The summed E-state index contributed by atoms with van der Waals surface area (Å²) in [5.41, 5.74) is 3.77.